The largest absolute Gasteiger partial charge is 0.399 e. The molecule has 1 heterocycles. The van der Waals surface area contributed by atoms with E-state index in [1.54, 1.807) is 12.1 Å². The van der Waals surface area contributed by atoms with Crippen LogP contribution < -0.4 is 5.73 Å². The predicted molar refractivity (Wildman–Crippen MR) is 120 cm³/mol. The van der Waals surface area contributed by atoms with Gasteiger partial charge in [-0.05, 0) is 16.7 Å². The maximum atomic E-state index is 11.1. The van der Waals surface area contributed by atoms with Crippen molar-refractivity contribution in [3.8, 4) is 18.2 Å². The number of rotatable bonds is 4. The minimum Gasteiger partial charge on any atom is -0.399 e. The van der Waals surface area contributed by atoms with Crippen molar-refractivity contribution in [3.05, 3.63) is 98.8 Å². The molecule has 8 nitrogen and oxygen atoms in total. The molecule has 0 saturated carbocycles. The quantitative estimate of drug-likeness (QED) is 0.570. The highest BCUT2D eigenvalue weighted by Gasteiger charge is 2.54. The fraction of sp³-hybridized carbons (Fsp3) is 0.240. The molecule has 8 heteroatoms. The van der Waals surface area contributed by atoms with Crippen molar-refractivity contribution in [2.75, 3.05) is 13.1 Å². The summed E-state index contributed by atoms with van der Waals surface area (Å²) in [5, 5.41) is 41.3. The van der Waals surface area contributed by atoms with Gasteiger partial charge in [-0.1, -0.05) is 48.5 Å². The number of nitriles is 3. The van der Waals surface area contributed by atoms with Crippen LogP contribution in [0.25, 0.3) is 0 Å². The second kappa shape index (κ2) is 8.59. The molecule has 1 aliphatic heterocycles. The zero-order chi connectivity index (χ0) is 23.6. The minimum atomic E-state index is -1.76. The molecule has 33 heavy (non-hydrogen) atoms. The van der Waals surface area contributed by atoms with Gasteiger partial charge in [0, 0.05) is 43.6 Å². The van der Waals surface area contributed by atoms with Gasteiger partial charge in [0.1, 0.15) is 6.07 Å². The summed E-state index contributed by atoms with van der Waals surface area (Å²) < 4.78 is 0. The Bertz CT molecular complexity index is 1260. The summed E-state index contributed by atoms with van der Waals surface area (Å²) in [6.07, 6.45) is 1.94. The van der Waals surface area contributed by atoms with E-state index >= 15 is 0 Å². The first-order chi connectivity index (χ1) is 15.9. The molecule has 2 aliphatic rings. The van der Waals surface area contributed by atoms with E-state index in [2.05, 4.69) is 23.1 Å². The lowest BCUT2D eigenvalue weighted by Gasteiger charge is -2.45. The van der Waals surface area contributed by atoms with Crippen LogP contribution in [0.3, 0.4) is 0 Å². The van der Waals surface area contributed by atoms with E-state index in [0.717, 1.165) is 11.1 Å². The van der Waals surface area contributed by atoms with Crippen molar-refractivity contribution in [2.24, 2.45) is 17.1 Å². The Hall–Kier alpha value is -4.45. The van der Waals surface area contributed by atoms with E-state index in [-0.39, 0.29) is 22.9 Å². The van der Waals surface area contributed by atoms with Gasteiger partial charge in [-0.2, -0.15) is 15.8 Å². The number of benzene rings is 2. The summed E-state index contributed by atoms with van der Waals surface area (Å²) in [5.74, 6) is -1.04. The van der Waals surface area contributed by atoms with Gasteiger partial charge in [-0.25, -0.2) is 0 Å². The zero-order valence-electron chi connectivity index (χ0n) is 17.7. The van der Waals surface area contributed by atoms with Crippen LogP contribution in [0.2, 0.25) is 0 Å². The summed E-state index contributed by atoms with van der Waals surface area (Å²) in [4.78, 5) is 12.8. The zero-order valence-corrected chi connectivity index (χ0v) is 17.7. The van der Waals surface area contributed by atoms with Crippen LogP contribution in [0.5, 0.6) is 0 Å². The Balaban J connectivity index is 1.84. The van der Waals surface area contributed by atoms with Gasteiger partial charge in [-0.15, -0.1) is 0 Å². The number of hydrogen-bond donors (Lipinski definition) is 1. The normalized spacial score (nSPS) is 21.7. The fourth-order valence-corrected chi connectivity index (χ4v) is 4.89. The molecule has 2 atom stereocenters. The first kappa shape index (κ1) is 21.8. The predicted octanol–water partition coefficient (Wildman–Crippen LogP) is 3.52. The number of fused-ring (bicyclic) bond motifs is 1. The molecular weight excluding hydrogens is 416 g/mol. The molecule has 2 aromatic carbocycles. The maximum Gasteiger partial charge on any atom is 0.269 e. The van der Waals surface area contributed by atoms with Gasteiger partial charge in [0.25, 0.3) is 5.69 Å². The van der Waals surface area contributed by atoms with Gasteiger partial charge < -0.3 is 5.73 Å². The van der Waals surface area contributed by atoms with Crippen molar-refractivity contribution in [3.63, 3.8) is 0 Å². The number of non-ortho nitro benzene ring substituents is 1. The topological polar surface area (TPSA) is 144 Å². The van der Waals surface area contributed by atoms with Crippen LogP contribution in [0, 0.1) is 55.4 Å². The third-order valence-corrected chi connectivity index (χ3v) is 6.45. The lowest BCUT2D eigenvalue weighted by Crippen LogP contribution is -2.47. The highest BCUT2D eigenvalue weighted by molar-refractivity contribution is 5.59. The Morgan fingerprint density at radius 1 is 1.09 bits per heavy atom. The summed E-state index contributed by atoms with van der Waals surface area (Å²) in [6, 6.07) is 22.1. The second-order valence-corrected chi connectivity index (χ2v) is 8.20. The molecule has 2 N–H and O–H groups in total. The number of allylic oxidation sites excluding steroid dienone is 2. The Morgan fingerprint density at radius 3 is 2.33 bits per heavy atom. The van der Waals surface area contributed by atoms with Gasteiger partial charge in [0.15, 0.2) is 5.41 Å². The molecule has 2 aromatic rings. The molecule has 0 saturated heterocycles. The van der Waals surface area contributed by atoms with Crippen LogP contribution in [0.15, 0.2) is 77.5 Å². The number of nitrogens with two attached hydrogens (primary N) is 1. The smallest absolute Gasteiger partial charge is 0.269 e. The monoisotopic (exact) mass is 436 g/mol. The Kier molecular flexibility index (Phi) is 5.67. The van der Waals surface area contributed by atoms with Crippen LogP contribution in [-0.4, -0.2) is 22.9 Å². The molecule has 0 bridgehead atoms. The summed E-state index contributed by atoms with van der Waals surface area (Å²) in [6.45, 7) is 1.77. The lowest BCUT2D eigenvalue weighted by atomic mass is 9.58. The molecule has 0 aromatic heterocycles. The molecule has 0 radical (unpaired) electrons. The molecule has 0 spiro atoms. The standard InChI is InChI=1S/C25H20N6O2/c26-12-21-20-10-11-30(13-17-4-2-1-3-5-17)14-22(20)23(25(15-27,16-28)24(21)29)18-6-8-19(9-7-18)31(32)33/h1-10,22-23H,11,13-14,29H2/t22-,23+/m0/s1. The number of nitro groups is 1. The highest BCUT2D eigenvalue weighted by atomic mass is 16.6. The molecule has 4 rings (SSSR count). The summed E-state index contributed by atoms with van der Waals surface area (Å²) >= 11 is 0. The second-order valence-electron chi connectivity index (χ2n) is 8.20. The number of hydrogen-bond acceptors (Lipinski definition) is 7. The van der Waals surface area contributed by atoms with E-state index in [9.17, 15) is 25.9 Å². The number of nitro benzene ring substituents is 1. The van der Waals surface area contributed by atoms with Crippen molar-refractivity contribution >= 4 is 5.69 Å². The van der Waals surface area contributed by atoms with E-state index in [1.165, 1.54) is 12.1 Å². The summed E-state index contributed by atoms with van der Waals surface area (Å²) in [5.41, 5.74) is 7.03. The average molecular weight is 436 g/mol. The lowest BCUT2D eigenvalue weighted by molar-refractivity contribution is -0.384. The summed E-state index contributed by atoms with van der Waals surface area (Å²) in [7, 11) is 0. The van der Waals surface area contributed by atoms with Crippen molar-refractivity contribution in [1.29, 1.82) is 15.8 Å². The molecular formula is C25H20N6O2. The van der Waals surface area contributed by atoms with E-state index in [0.29, 0.717) is 25.2 Å². The van der Waals surface area contributed by atoms with Crippen molar-refractivity contribution in [2.45, 2.75) is 12.5 Å². The number of nitrogens with zero attached hydrogens (tertiary/aromatic N) is 5. The first-order valence-corrected chi connectivity index (χ1v) is 10.4. The average Bonchev–Trinajstić information content (AvgIpc) is 2.84. The van der Waals surface area contributed by atoms with Gasteiger partial charge in [-0.3, -0.25) is 15.0 Å². The molecule has 1 aliphatic carbocycles. The third kappa shape index (κ3) is 3.61. The van der Waals surface area contributed by atoms with E-state index < -0.39 is 16.3 Å². The Labute approximate surface area is 191 Å². The SMILES string of the molecule is N#CC1=C(N)C(C#N)(C#N)[C@H](c2ccc([N+](=O)[O-])cc2)[C@H]2CN(Cc3ccccc3)CC=C12. The fourth-order valence-electron chi connectivity index (χ4n) is 4.89. The van der Waals surface area contributed by atoms with Gasteiger partial charge >= 0.3 is 0 Å². The maximum absolute atomic E-state index is 11.1. The third-order valence-electron chi connectivity index (χ3n) is 6.45. The van der Waals surface area contributed by atoms with Crippen molar-refractivity contribution < 1.29 is 4.92 Å². The van der Waals surface area contributed by atoms with E-state index in [4.69, 9.17) is 5.73 Å². The minimum absolute atomic E-state index is 0.0580. The van der Waals surface area contributed by atoms with Crippen LogP contribution in [0.1, 0.15) is 17.0 Å². The van der Waals surface area contributed by atoms with E-state index in [1.807, 2.05) is 36.4 Å². The molecule has 162 valence electrons. The van der Waals surface area contributed by atoms with Crippen LogP contribution in [0.4, 0.5) is 5.69 Å². The van der Waals surface area contributed by atoms with Crippen LogP contribution in [-0.2, 0) is 6.54 Å². The van der Waals surface area contributed by atoms with Gasteiger partial charge in [0.05, 0.1) is 28.3 Å². The first-order valence-electron chi connectivity index (χ1n) is 10.4. The van der Waals surface area contributed by atoms with Crippen LogP contribution >= 0.6 is 0 Å². The molecule has 0 fully saturated rings. The van der Waals surface area contributed by atoms with Crippen molar-refractivity contribution in [1.82, 2.24) is 4.90 Å². The molecule has 0 amide bonds. The van der Waals surface area contributed by atoms with Gasteiger partial charge in [0.2, 0.25) is 0 Å². The molecule has 0 unspecified atom stereocenters. The highest BCUT2D eigenvalue weighted by Crippen LogP contribution is 2.54. The Morgan fingerprint density at radius 2 is 1.76 bits per heavy atom.